The van der Waals surface area contributed by atoms with Crippen molar-refractivity contribution < 1.29 is 14.4 Å². The van der Waals surface area contributed by atoms with Gasteiger partial charge in [0.15, 0.2) is 0 Å². The van der Waals surface area contributed by atoms with E-state index in [9.17, 15) is 4.79 Å². The molecule has 6 heteroatoms. The first-order valence-corrected chi connectivity index (χ1v) is 8.36. The minimum absolute atomic E-state index is 0.199. The van der Waals surface area contributed by atoms with Crippen molar-refractivity contribution in [3.63, 3.8) is 0 Å². The van der Waals surface area contributed by atoms with E-state index in [4.69, 9.17) is 9.57 Å². The van der Waals surface area contributed by atoms with Crippen LogP contribution in [0.5, 0.6) is 5.75 Å². The van der Waals surface area contributed by atoms with Crippen molar-refractivity contribution in [2.24, 2.45) is 0 Å². The number of amides is 2. The molecule has 1 aliphatic rings. The number of methoxy groups -OCH3 is 1. The second-order valence-corrected chi connectivity index (χ2v) is 5.83. The van der Waals surface area contributed by atoms with Crippen LogP contribution in [0.1, 0.15) is 5.56 Å². The maximum absolute atomic E-state index is 12.2. The van der Waals surface area contributed by atoms with Gasteiger partial charge in [-0.3, -0.25) is 4.84 Å². The number of benzene rings is 2. The van der Waals surface area contributed by atoms with E-state index in [1.807, 2.05) is 54.6 Å². The Morgan fingerprint density at radius 2 is 1.68 bits per heavy atom. The van der Waals surface area contributed by atoms with Gasteiger partial charge in [0.05, 0.1) is 19.4 Å². The average molecular weight is 341 g/mol. The second-order valence-electron chi connectivity index (χ2n) is 5.83. The van der Waals surface area contributed by atoms with Gasteiger partial charge < -0.3 is 14.5 Å². The van der Waals surface area contributed by atoms with Crippen molar-refractivity contribution in [2.45, 2.75) is 6.61 Å². The molecule has 3 rings (SSSR count). The van der Waals surface area contributed by atoms with Crippen LogP contribution < -0.4 is 15.1 Å². The third kappa shape index (κ3) is 4.42. The van der Waals surface area contributed by atoms with Crippen molar-refractivity contribution in [1.29, 1.82) is 0 Å². The summed E-state index contributed by atoms with van der Waals surface area (Å²) in [7, 11) is 1.67. The summed E-state index contributed by atoms with van der Waals surface area (Å²) in [5.74, 6) is 0.853. The van der Waals surface area contributed by atoms with E-state index >= 15 is 0 Å². The number of carbonyl (C=O) groups is 1. The normalized spacial score (nSPS) is 14.3. The molecule has 0 aliphatic carbocycles. The number of ether oxygens (including phenoxy) is 1. The second kappa shape index (κ2) is 8.39. The highest BCUT2D eigenvalue weighted by Crippen LogP contribution is 2.28. The third-order valence-corrected chi connectivity index (χ3v) is 4.23. The Bertz CT molecular complexity index is 685. The highest BCUT2D eigenvalue weighted by molar-refractivity contribution is 5.73. The summed E-state index contributed by atoms with van der Waals surface area (Å²) in [4.78, 5) is 21.5. The van der Waals surface area contributed by atoms with E-state index in [0.717, 1.165) is 30.1 Å². The van der Waals surface area contributed by atoms with E-state index < -0.39 is 0 Å². The van der Waals surface area contributed by atoms with Gasteiger partial charge in [0.25, 0.3) is 0 Å². The van der Waals surface area contributed by atoms with Crippen molar-refractivity contribution in [1.82, 2.24) is 10.4 Å². The maximum atomic E-state index is 12.2. The highest BCUT2D eigenvalue weighted by Gasteiger charge is 2.22. The molecule has 25 heavy (non-hydrogen) atoms. The molecular weight excluding hydrogens is 318 g/mol. The fourth-order valence-electron chi connectivity index (χ4n) is 2.86. The Labute approximate surface area is 147 Å². The molecular formula is C19H23N3O3. The summed E-state index contributed by atoms with van der Waals surface area (Å²) in [6, 6.07) is 17.5. The quantitative estimate of drug-likeness (QED) is 0.850. The fraction of sp³-hybridized carbons (Fsp3) is 0.316. The molecule has 1 N–H and O–H groups in total. The molecule has 1 fully saturated rings. The lowest BCUT2D eigenvalue weighted by Gasteiger charge is -2.36. The predicted octanol–water partition coefficient (Wildman–Crippen LogP) is 2.66. The van der Waals surface area contributed by atoms with Crippen molar-refractivity contribution in [3.8, 4) is 5.75 Å². The van der Waals surface area contributed by atoms with Crippen LogP contribution in [0.3, 0.4) is 0 Å². The van der Waals surface area contributed by atoms with Crippen LogP contribution in [-0.2, 0) is 11.4 Å². The molecule has 2 aromatic carbocycles. The van der Waals surface area contributed by atoms with E-state index in [-0.39, 0.29) is 6.03 Å². The number of hydrogen-bond donors (Lipinski definition) is 1. The van der Waals surface area contributed by atoms with Crippen molar-refractivity contribution in [2.75, 3.05) is 38.2 Å². The van der Waals surface area contributed by atoms with E-state index in [2.05, 4.69) is 10.4 Å². The number of urea groups is 1. The molecule has 132 valence electrons. The molecule has 0 radical (unpaired) electrons. The lowest BCUT2D eigenvalue weighted by atomic mass is 10.2. The Balaban J connectivity index is 1.46. The minimum Gasteiger partial charge on any atom is -0.495 e. The first-order valence-electron chi connectivity index (χ1n) is 8.36. The summed E-state index contributed by atoms with van der Waals surface area (Å²) >= 11 is 0. The summed E-state index contributed by atoms with van der Waals surface area (Å²) in [5.41, 5.74) is 4.60. The van der Waals surface area contributed by atoms with Gasteiger partial charge in [-0.25, -0.2) is 10.3 Å². The number of nitrogens with one attached hydrogen (secondary N) is 1. The molecule has 0 spiro atoms. The Kier molecular flexibility index (Phi) is 5.74. The minimum atomic E-state index is -0.199. The Morgan fingerprint density at radius 3 is 2.40 bits per heavy atom. The first kappa shape index (κ1) is 17.1. The number of nitrogens with zero attached hydrogens (tertiary/aromatic N) is 2. The fourth-order valence-corrected chi connectivity index (χ4v) is 2.86. The first-order chi connectivity index (χ1) is 12.3. The molecule has 1 aliphatic heterocycles. The standard InChI is InChI=1S/C19H23N3O3/c1-24-18-10-6-5-9-17(18)21-11-13-22(14-12-21)19(23)20-25-15-16-7-3-2-4-8-16/h2-10H,11-15H2,1H3,(H,20,23). The molecule has 2 aromatic rings. The van der Waals surface area contributed by atoms with Crippen LogP contribution in [0.4, 0.5) is 10.5 Å². The van der Waals surface area contributed by atoms with Gasteiger partial charge in [-0.15, -0.1) is 0 Å². The lowest BCUT2D eigenvalue weighted by molar-refractivity contribution is 0.0359. The molecule has 0 atom stereocenters. The van der Waals surface area contributed by atoms with Gasteiger partial charge >= 0.3 is 6.03 Å². The van der Waals surface area contributed by atoms with Crippen LogP contribution in [-0.4, -0.2) is 44.2 Å². The third-order valence-electron chi connectivity index (χ3n) is 4.23. The van der Waals surface area contributed by atoms with Crippen LogP contribution in [0.15, 0.2) is 54.6 Å². The van der Waals surface area contributed by atoms with Crippen LogP contribution in [0.25, 0.3) is 0 Å². The van der Waals surface area contributed by atoms with Gasteiger partial charge in [-0.2, -0.15) is 0 Å². The van der Waals surface area contributed by atoms with Gasteiger partial charge in [0.1, 0.15) is 5.75 Å². The summed E-state index contributed by atoms with van der Waals surface area (Å²) < 4.78 is 5.41. The number of para-hydroxylation sites is 2. The van der Waals surface area contributed by atoms with Crippen LogP contribution >= 0.6 is 0 Å². The molecule has 0 bridgehead atoms. The van der Waals surface area contributed by atoms with Crippen LogP contribution in [0, 0.1) is 0 Å². The summed E-state index contributed by atoms with van der Waals surface area (Å²) in [5, 5.41) is 0. The molecule has 0 unspecified atom stereocenters. The zero-order valence-electron chi connectivity index (χ0n) is 14.4. The summed E-state index contributed by atoms with van der Waals surface area (Å²) in [6.07, 6.45) is 0. The number of carbonyl (C=O) groups excluding carboxylic acids is 1. The van der Waals surface area contributed by atoms with E-state index in [0.29, 0.717) is 19.7 Å². The molecule has 0 aromatic heterocycles. The van der Waals surface area contributed by atoms with Gasteiger partial charge in [-0.1, -0.05) is 42.5 Å². The monoisotopic (exact) mass is 341 g/mol. The Morgan fingerprint density at radius 1 is 1.00 bits per heavy atom. The number of piperazine rings is 1. The zero-order valence-corrected chi connectivity index (χ0v) is 14.4. The molecule has 1 heterocycles. The van der Waals surface area contributed by atoms with Gasteiger partial charge in [0.2, 0.25) is 0 Å². The number of rotatable bonds is 5. The predicted molar refractivity (Wildman–Crippen MR) is 96.5 cm³/mol. The number of anilines is 1. The smallest absolute Gasteiger partial charge is 0.341 e. The SMILES string of the molecule is COc1ccccc1N1CCN(C(=O)NOCc2ccccc2)CC1. The number of hydroxylamine groups is 1. The van der Waals surface area contributed by atoms with Crippen molar-refractivity contribution in [3.05, 3.63) is 60.2 Å². The van der Waals surface area contributed by atoms with Crippen molar-refractivity contribution >= 4 is 11.7 Å². The van der Waals surface area contributed by atoms with Gasteiger partial charge in [-0.05, 0) is 17.7 Å². The Hall–Kier alpha value is -2.73. The van der Waals surface area contributed by atoms with E-state index in [1.165, 1.54) is 0 Å². The maximum Gasteiger partial charge on any atom is 0.341 e. The largest absolute Gasteiger partial charge is 0.495 e. The average Bonchev–Trinajstić information content (AvgIpc) is 2.69. The molecule has 6 nitrogen and oxygen atoms in total. The number of hydrogen-bond acceptors (Lipinski definition) is 4. The summed E-state index contributed by atoms with van der Waals surface area (Å²) in [6.45, 7) is 3.14. The van der Waals surface area contributed by atoms with E-state index in [1.54, 1.807) is 12.0 Å². The lowest BCUT2D eigenvalue weighted by Crippen LogP contribution is -2.51. The molecule has 2 amide bonds. The van der Waals surface area contributed by atoms with Crippen LogP contribution in [0.2, 0.25) is 0 Å². The highest BCUT2D eigenvalue weighted by atomic mass is 16.7. The molecule has 1 saturated heterocycles. The zero-order chi connectivity index (χ0) is 17.5. The van der Waals surface area contributed by atoms with Gasteiger partial charge in [0, 0.05) is 26.2 Å². The topological polar surface area (TPSA) is 54.0 Å². The molecule has 0 saturated carbocycles.